The van der Waals surface area contributed by atoms with Crippen LogP contribution in [0.2, 0.25) is 0 Å². The normalized spacial score (nSPS) is 13.9. The van der Waals surface area contributed by atoms with Gasteiger partial charge in [0.25, 0.3) is 0 Å². The molecule has 2 unspecified atom stereocenters. The molecule has 182 valence electrons. The molecule has 1 heterocycles. The molecular formula is C24H31N5O3S2. The predicted molar refractivity (Wildman–Crippen MR) is 136 cm³/mol. The highest BCUT2D eigenvalue weighted by atomic mass is 32.2. The lowest BCUT2D eigenvalue weighted by Gasteiger charge is -2.25. The molecule has 0 aliphatic rings. The molecule has 2 N–H and O–H groups in total. The van der Waals surface area contributed by atoms with Gasteiger partial charge in [0, 0.05) is 19.0 Å². The standard InChI is InChI=1S/C24H31N5O3S2/c1-5-19-6-8-21(9-7-19)29(16-18(2)3)32-33(30)22-10-11-23(24(14-22)34(4,25)31)27-15-20-12-13-26-17-28-20/h6-14,17-18,25,27H,5,15-16H2,1-4H3. The first-order chi connectivity index (χ1) is 16.2. The zero-order valence-electron chi connectivity index (χ0n) is 19.9. The van der Waals surface area contributed by atoms with Crippen molar-refractivity contribution in [1.82, 2.24) is 9.97 Å². The Labute approximate surface area is 204 Å². The van der Waals surface area contributed by atoms with Crippen LogP contribution in [0, 0.1) is 10.7 Å². The maximum Gasteiger partial charge on any atom is 0.212 e. The summed E-state index contributed by atoms with van der Waals surface area (Å²) in [6.07, 6.45) is 5.36. The van der Waals surface area contributed by atoms with Crippen molar-refractivity contribution in [3.8, 4) is 0 Å². The second-order valence-electron chi connectivity index (χ2n) is 8.34. The highest BCUT2D eigenvalue weighted by Gasteiger charge is 2.19. The third-order valence-electron chi connectivity index (χ3n) is 4.99. The average Bonchev–Trinajstić information content (AvgIpc) is 2.82. The van der Waals surface area contributed by atoms with Gasteiger partial charge in [-0.3, -0.25) is 0 Å². The van der Waals surface area contributed by atoms with E-state index in [1.54, 1.807) is 29.5 Å². The van der Waals surface area contributed by atoms with Crippen LogP contribution in [0.4, 0.5) is 11.4 Å². The lowest BCUT2D eigenvalue weighted by Crippen LogP contribution is -2.29. The quantitative estimate of drug-likeness (QED) is 0.363. The summed E-state index contributed by atoms with van der Waals surface area (Å²) in [7, 11) is -3.10. The van der Waals surface area contributed by atoms with Crippen LogP contribution in [0.3, 0.4) is 0 Å². The molecule has 0 saturated carbocycles. The van der Waals surface area contributed by atoms with E-state index in [0.717, 1.165) is 17.8 Å². The first kappa shape index (κ1) is 25.8. The molecule has 3 rings (SSSR count). The molecule has 34 heavy (non-hydrogen) atoms. The van der Waals surface area contributed by atoms with Gasteiger partial charge in [-0.05, 0) is 54.3 Å². The maximum atomic E-state index is 13.2. The zero-order valence-corrected chi connectivity index (χ0v) is 21.5. The van der Waals surface area contributed by atoms with Crippen LogP contribution >= 0.6 is 0 Å². The van der Waals surface area contributed by atoms with Gasteiger partial charge >= 0.3 is 0 Å². The highest BCUT2D eigenvalue weighted by molar-refractivity contribution is 7.92. The van der Waals surface area contributed by atoms with Crippen molar-refractivity contribution >= 4 is 32.2 Å². The van der Waals surface area contributed by atoms with E-state index in [0.29, 0.717) is 23.7 Å². The number of hydroxylamine groups is 1. The Hall–Kier alpha value is -2.82. The smallest absolute Gasteiger partial charge is 0.212 e. The fourth-order valence-electron chi connectivity index (χ4n) is 3.22. The fraction of sp³-hybridized carbons (Fsp3) is 0.333. The average molecular weight is 502 g/mol. The zero-order chi connectivity index (χ0) is 24.7. The SMILES string of the molecule is CCc1ccc(N(CC(C)C)OS(=O)c2ccc(NCc3ccncn3)c(S(C)(=N)=O)c2)cc1. The van der Waals surface area contributed by atoms with Crippen LogP contribution in [0.15, 0.2) is 70.8 Å². The minimum Gasteiger partial charge on any atom is -0.378 e. The minimum absolute atomic E-state index is 0.263. The van der Waals surface area contributed by atoms with Crippen molar-refractivity contribution in [1.29, 1.82) is 4.78 Å². The Bertz CT molecular complexity index is 1220. The van der Waals surface area contributed by atoms with Crippen LogP contribution in [-0.4, -0.2) is 31.2 Å². The topological polar surface area (TPSA) is 108 Å². The third kappa shape index (κ3) is 7.09. The van der Waals surface area contributed by atoms with Crippen LogP contribution in [0.25, 0.3) is 0 Å². The molecule has 1 aromatic heterocycles. The van der Waals surface area contributed by atoms with Crippen molar-refractivity contribution in [3.63, 3.8) is 0 Å². The summed E-state index contributed by atoms with van der Waals surface area (Å²) in [4.78, 5) is 8.65. The molecule has 0 aliphatic heterocycles. The second-order valence-corrected chi connectivity index (χ2v) is 11.6. The molecular weight excluding hydrogens is 470 g/mol. The van der Waals surface area contributed by atoms with E-state index in [1.807, 2.05) is 24.3 Å². The lowest BCUT2D eigenvalue weighted by atomic mass is 10.1. The fourth-order valence-corrected chi connectivity index (χ4v) is 4.99. The van der Waals surface area contributed by atoms with Gasteiger partial charge in [0.05, 0.1) is 43.1 Å². The second kappa shape index (κ2) is 11.5. The first-order valence-corrected chi connectivity index (χ1v) is 14.0. The molecule has 3 aromatic rings. The van der Waals surface area contributed by atoms with Gasteiger partial charge < -0.3 is 5.32 Å². The molecule has 0 spiro atoms. The Morgan fingerprint density at radius 1 is 1.18 bits per heavy atom. The lowest BCUT2D eigenvalue weighted by molar-refractivity contribution is 0.290. The van der Waals surface area contributed by atoms with Gasteiger partial charge in [0.1, 0.15) is 6.33 Å². The van der Waals surface area contributed by atoms with Crippen molar-refractivity contribution < 1.29 is 12.7 Å². The van der Waals surface area contributed by atoms with Crippen LogP contribution in [-0.2, 0) is 38.1 Å². The number of hydrogen-bond donors (Lipinski definition) is 2. The summed E-state index contributed by atoms with van der Waals surface area (Å²) in [5.74, 6) is 0.273. The summed E-state index contributed by atoms with van der Waals surface area (Å²) in [5, 5.41) is 4.80. The highest BCUT2D eigenvalue weighted by Crippen LogP contribution is 2.27. The number of nitrogens with zero attached hydrogens (tertiary/aromatic N) is 3. The van der Waals surface area contributed by atoms with Crippen molar-refractivity contribution in [2.45, 2.75) is 43.5 Å². The monoisotopic (exact) mass is 501 g/mol. The number of nitrogens with one attached hydrogen (secondary N) is 2. The summed E-state index contributed by atoms with van der Waals surface area (Å²) in [5.41, 5.74) is 3.29. The minimum atomic E-state index is -3.10. The number of aryl methyl sites for hydroxylation is 1. The van der Waals surface area contributed by atoms with E-state index < -0.39 is 20.8 Å². The molecule has 0 fully saturated rings. The number of rotatable bonds is 11. The number of anilines is 2. The molecule has 10 heteroatoms. The first-order valence-electron chi connectivity index (χ1n) is 11.0. The van der Waals surface area contributed by atoms with E-state index in [4.69, 9.17) is 9.06 Å². The predicted octanol–water partition coefficient (Wildman–Crippen LogP) is 4.80. The number of benzene rings is 2. The van der Waals surface area contributed by atoms with E-state index >= 15 is 0 Å². The van der Waals surface area contributed by atoms with Gasteiger partial charge in [-0.25, -0.2) is 28.2 Å². The van der Waals surface area contributed by atoms with Crippen molar-refractivity contribution in [3.05, 3.63) is 72.3 Å². The molecule has 8 nitrogen and oxygen atoms in total. The largest absolute Gasteiger partial charge is 0.378 e. The molecule has 2 aromatic carbocycles. The Balaban J connectivity index is 1.84. The van der Waals surface area contributed by atoms with Gasteiger partial charge in [-0.2, -0.15) is 4.28 Å². The summed E-state index contributed by atoms with van der Waals surface area (Å²) in [6.45, 7) is 7.13. The summed E-state index contributed by atoms with van der Waals surface area (Å²) in [6, 6.07) is 14.6. The number of aromatic nitrogens is 2. The van der Waals surface area contributed by atoms with Crippen LogP contribution in [0.1, 0.15) is 32.0 Å². The molecule has 0 bridgehead atoms. The van der Waals surface area contributed by atoms with Crippen molar-refractivity contribution in [2.24, 2.45) is 5.92 Å². The third-order valence-corrected chi connectivity index (χ3v) is 7.12. The van der Waals surface area contributed by atoms with Gasteiger partial charge in [-0.1, -0.05) is 32.9 Å². The summed E-state index contributed by atoms with van der Waals surface area (Å²) < 4.78 is 39.9. The van der Waals surface area contributed by atoms with E-state index in [1.165, 1.54) is 24.2 Å². The Morgan fingerprint density at radius 2 is 1.91 bits per heavy atom. The van der Waals surface area contributed by atoms with E-state index in [2.05, 4.69) is 36.1 Å². The van der Waals surface area contributed by atoms with Gasteiger partial charge in [0.15, 0.2) is 0 Å². The molecule has 0 aliphatic carbocycles. The van der Waals surface area contributed by atoms with Gasteiger partial charge in [0.2, 0.25) is 11.1 Å². The van der Waals surface area contributed by atoms with Crippen LogP contribution in [0.5, 0.6) is 0 Å². The molecule has 0 amide bonds. The van der Waals surface area contributed by atoms with Gasteiger partial charge in [-0.15, -0.1) is 0 Å². The molecule has 0 saturated heterocycles. The molecule has 0 radical (unpaired) electrons. The van der Waals surface area contributed by atoms with Crippen LogP contribution < -0.4 is 10.4 Å². The Kier molecular flexibility index (Phi) is 8.76. The summed E-state index contributed by atoms with van der Waals surface area (Å²) >= 11 is -1.86. The van der Waals surface area contributed by atoms with E-state index in [-0.39, 0.29) is 10.8 Å². The maximum absolute atomic E-state index is 13.2. The Morgan fingerprint density at radius 3 is 2.50 bits per heavy atom. The van der Waals surface area contributed by atoms with E-state index in [9.17, 15) is 8.42 Å². The number of hydrogen-bond acceptors (Lipinski definition) is 8. The molecule has 2 atom stereocenters. The van der Waals surface area contributed by atoms with Crippen molar-refractivity contribution in [2.75, 3.05) is 23.2 Å².